The molecule has 0 spiro atoms. The van der Waals surface area contributed by atoms with Crippen LogP contribution in [0.2, 0.25) is 0 Å². The summed E-state index contributed by atoms with van der Waals surface area (Å²) < 4.78 is 23.5. The number of methoxy groups -OCH3 is 2. The van der Waals surface area contributed by atoms with E-state index in [-0.39, 0.29) is 42.2 Å². The second-order valence-corrected chi connectivity index (χ2v) is 5.78. The molecule has 0 heterocycles. The third-order valence-corrected chi connectivity index (χ3v) is 3.79. The highest BCUT2D eigenvalue weighted by atomic mass is 127. The summed E-state index contributed by atoms with van der Waals surface area (Å²) in [6.07, 6.45) is 0. The van der Waals surface area contributed by atoms with Crippen molar-refractivity contribution in [2.45, 2.75) is 13.5 Å². The van der Waals surface area contributed by atoms with Crippen LogP contribution >= 0.6 is 24.0 Å². The van der Waals surface area contributed by atoms with E-state index in [1.54, 1.807) is 20.3 Å². The predicted molar refractivity (Wildman–Crippen MR) is 123 cm³/mol. The van der Waals surface area contributed by atoms with Gasteiger partial charge in [0.2, 0.25) is 5.91 Å². The molecule has 29 heavy (non-hydrogen) atoms. The topological polar surface area (TPSA) is 84.0 Å². The third kappa shape index (κ3) is 8.14. The Bertz CT molecular complexity index is 816. The molecule has 0 atom stereocenters. The molecule has 3 N–H and O–H groups in total. The molecule has 0 fully saturated rings. The van der Waals surface area contributed by atoms with Crippen LogP contribution in [0.25, 0.3) is 0 Å². The molecule has 158 valence electrons. The van der Waals surface area contributed by atoms with Crippen LogP contribution in [0, 0.1) is 5.82 Å². The normalized spacial score (nSPS) is 10.6. The van der Waals surface area contributed by atoms with Crippen LogP contribution in [0.1, 0.15) is 12.5 Å². The number of nitrogens with zero attached hydrogens (tertiary/aromatic N) is 1. The average Bonchev–Trinajstić information content (AvgIpc) is 2.71. The minimum Gasteiger partial charge on any atom is -0.497 e. The molecule has 0 saturated heterocycles. The molecule has 2 aromatic rings. The maximum absolute atomic E-state index is 12.9. The Morgan fingerprint density at radius 3 is 2.41 bits per heavy atom. The van der Waals surface area contributed by atoms with Crippen molar-refractivity contribution in [2.75, 3.05) is 32.6 Å². The summed E-state index contributed by atoms with van der Waals surface area (Å²) in [7, 11) is 3.18. The molecule has 0 aliphatic carbocycles. The number of ether oxygens (including phenoxy) is 2. The molecule has 0 radical (unpaired) electrons. The van der Waals surface area contributed by atoms with Crippen molar-refractivity contribution in [3.05, 3.63) is 53.8 Å². The van der Waals surface area contributed by atoms with E-state index < -0.39 is 0 Å². The van der Waals surface area contributed by atoms with Crippen molar-refractivity contribution in [1.82, 2.24) is 10.6 Å². The summed E-state index contributed by atoms with van der Waals surface area (Å²) >= 11 is 0. The molecule has 0 aliphatic heterocycles. The van der Waals surface area contributed by atoms with E-state index in [2.05, 4.69) is 20.9 Å². The molecular formula is C20H26FIN4O3. The summed E-state index contributed by atoms with van der Waals surface area (Å²) in [5.74, 6) is 1.25. The van der Waals surface area contributed by atoms with Gasteiger partial charge in [-0.15, -0.1) is 24.0 Å². The average molecular weight is 516 g/mol. The minimum absolute atomic E-state index is 0. The number of anilines is 1. The molecule has 0 bridgehead atoms. The van der Waals surface area contributed by atoms with E-state index in [0.29, 0.717) is 36.2 Å². The van der Waals surface area contributed by atoms with Crippen LogP contribution in [-0.4, -0.2) is 39.2 Å². The molecule has 0 saturated carbocycles. The third-order valence-electron chi connectivity index (χ3n) is 3.79. The standard InChI is InChI=1S/C20H25FN4O3.HI/c1-4-22-20(23-12-14-5-10-17(27-2)11-18(14)28-3)24-13-19(26)25-16-8-6-15(21)7-9-16;/h5-11H,4,12-13H2,1-3H3,(H,25,26)(H2,22,23,24);1H. The lowest BCUT2D eigenvalue weighted by molar-refractivity contribution is -0.115. The SMILES string of the molecule is CCNC(=NCc1ccc(OC)cc1OC)NCC(=O)Nc1ccc(F)cc1.I. The molecule has 0 unspecified atom stereocenters. The highest BCUT2D eigenvalue weighted by Crippen LogP contribution is 2.25. The Kier molecular flexibility index (Phi) is 10.8. The van der Waals surface area contributed by atoms with Gasteiger partial charge in [0.15, 0.2) is 5.96 Å². The first-order valence-electron chi connectivity index (χ1n) is 8.84. The number of rotatable bonds is 8. The van der Waals surface area contributed by atoms with Gasteiger partial charge >= 0.3 is 0 Å². The van der Waals surface area contributed by atoms with Crippen molar-refractivity contribution in [1.29, 1.82) is 0 Å². The number of amides is 1. The molecule has 0 aromatic heterocycles. The lowest BCUT2D eigenvalue weighted by Crippen LogP contribution is -2.41. The summed E-state index contributed by atoms with van der Waals surface area (Å²) in [4.78, 5) is 16.5. The van der Waals surface area contributed by atoms with E-state index in [1.807, 2.05) is 19.1 Å². The van der Waals surface area contributed by atoms with E-state index in [4.69, 9.17) is 9.47 Å². The lowest BCUT2D eigenvalue weighted by atomic mass is 10.2. The molecule has 2 rings (SSSR count). The number of carbonyl (C=O) groups is 1. The van der Waals surface area contributed by atoms with E-state index in [1.165, 1.54) is 24.3 Å². The number of guanidine groups is 1. The molecule has 2 aromatic carbocycles. The Labute approximate surface area is 187 Å². The van der Waals surface area contributed by atoms with Crippen LogP contribution in [0.4, 0.5) is 10.1 Å². The van der Waals surface area contributed by atoms with Crippen LogP contribution in [-0.2, 0) is 11.3 Å². The highest BCUT2D eigenvalue weighted by Gasteiger charge is 2.07. The number of aliphatic imine (C=N–C) groups is 1. The van der Waals surface area contributed by atoms with Gasteiger partial charge in [-0.3, -0.25) is 4.79 Å². The molecule has 7 nitrogen and oxygen atoms in total. The van der Waals surface area contributed by atoms with Crippen molar-refractivity contribution in [2.24, 2.45) is 4.99 Å². The Morgan fingerprint density at radius 1 is 1.07 bits per heavy atom. The van der Waals surface area contributed by atoms with E-state index in [0.717, 1.165) is 5.56 Å². The van der Waals surface area contributed by atoms with Gasteiger partial charge in [-0.1, -0.05) is 0 Å². The smallest absolute Gasteiger partial charge is 0.243 e. The van der Waals surface area contributed by atoms with Gasteiger partial charge in [-0.25, -0.2) is 9.38 Å². The Morgan fingerprint density at radius 2 is 1.79 bits per heavy atom. The van der Waals surface area contributed by atoms with Gasteiger partial charge in [-0.05, 0) is 43.3 Å². The highest BCUT2D eigenvalue weighted by molar-refractivity contribution is 14.0. The second-order valence-electron chi connectivity index (χ2n) is 5.78. The zero-order chi connectivity index (χ0) is 20.4. The zero-order valence-corrected chi connectivity index (χ0v) is 19.0. The summed E-state index contributed by atoms with van der Waals surface area (Å²) in [5, 5.41) is 8.74. The number of hydrogen-bond donors (Lipinski definition) is 3. The van der Waals surface area contributed by atoms with Gasteiger partial charge in [0.1, 0.15) is 17.3 Å². The van der Waals surface area contributed by atoms with Gasteiger partial charge in [-0.2, -0.15) is 0 Å². The Balaban J connectivity index is 0.00000420. The maximum Gasteiger partial charge on any atom is 0.243 e. The van der Waals surface area contributed by atoms with Crippen molar-refractivity contribution < 1.29 is 18.7 Å². The summed E-state index contributed by atoms with van der Waals surface area (Å²) in [6, 6.07) is 11.1. The van der Waals surface area contributed by atoms with E-state index >= 15 is 0 Å². The van der Waals surface area contributed by atoms with Gasteiger partial charge in [0, 0.05) is 23.9 Å². The fraction of sp³-hybridized carbons (Fsp3) is 0.300. The van der Waals surface area contributed by atoms with Gasteiger partial charge < -0.3 is 25.4 Å². The summed E-state index contributed by atoms with van der Waals surface area (Å²) in [6.45, 7) is 2.96. The van der Waals surface area contributed by atoms with Crippen molar-refractivity contribution in [3.8, 4) is 11.5 Å². The van der Waals surface area contributed by atoms with Crippen LogP contribution in [0.15, 0.2) is 47.5 Å². The summed E-state index contributed by atoms with van der Waals surface area (Å²) in [5.41, 5.74) is 1.41. The first-order valence-corrected chi connectivity index (χ1v) is 8.84. The largest absolute Gasteiger partial charge is 0.497 e. The van der Waals surface area contributed by atoms with Crippen LogP contribution in [0.3, 0.4) is 0 Å². The van der Waals surface area contributed by atoms with E-state index in [9.17, 15) is 9.18 Å². The van der Waals surface area contributed by atoms with Crippen molar-refractivity contribution in [3.63, 3.8) is 0 Å². The molecule has 0 aliphatic rings. The van der Waals surface area contributed by atoms with Crippen LogP contribution in [0.5, 0.6) is 11.5 Å². The first kappa shape index (κ1) is 24.5. The number of benzene rings is 2. The van der Waals surface area contributed by atoms with Crippen LogP contribution < -0.4 is 25.4 Å². The first-order chi connectivity index (χ1) is 13.5. The van der Waals surface area contributed by atoms with Gasteiger partial charge in [0.05, 0.1) is 27.3 Å². The number of hydrogen-bond acceptors (Lipinski definition) is 4. The number of halogens is 2. The zero-order valence-electron chi connectivity index (χ0n) is 16.6. The lowest BCUT2D eigenvalue weighted by Gasteiger charge is -2.13. The molecule has 9 heteroatoms. The number of carbonyl (C=O) groups excluding carboxylic acids is 1. The Hall–Kier alpha value is -2.56. The minimum atomic E-state index is -0.355. The fourth-order valence-electron chi connectivity index (χ4n) is 2.39. The second kappa shape index (κ2) is 12.8. The molecule has 1 amide bonds. The van der Waals surface area contributed by atoms with Gasteiger partial charge in [0.25, 0.3) is 0 Å². The number of nitrogens with one attached hydrogen (secondary N) is 3. The van der Waals surface area contributed by atoms with Crippen molar-refractivity contribution >= 4 is 41.5 Å². The monoisotopic (exact) mass is 516 g/mol. The quantitative estimate of drug-likeness (QED) is 0.285. The maximum atomic E-state index is 12.9. The fourth-order valence-corrected chi connectivity index (χ4v) is 2.39. The predicted octanol–water partition coefficient (Wildman–Crippen LogP) is 3.15. The molecular weight excluding hydrogens is 490 g/mol.